The van der Waals surface area contributed by atoms with Crippen molar-refractivity contribution in [2.75, 3.05) is 14.2 Å². The number of methoxy groups -OCH3 is 2. The molecule has 0 saturated carbocycles. The minimum absolute atomic E-state index is 0.232. The van der Waals surface area contributed by atoms with Crippen molar-refractivity contribution in [3.8, 4) is 5.75 Å². The summed E-state index contributed by atoms with van der Waals surface area (Å²) >= 11 is 0. The molecule has 0 bridgehead atoms. The first kappa shape index (κ1) is 18.7. The van der Waals surface area contributed by atoms with Gasteiger partial charge in [0.05, 0.1) is 5.52 Å². The van der Waals surface area contributed by atoms with Crippen LogP contribution in [0.3, 0.4) is 0 Å². The Morgan fingerprint density at radius 2 is 1.92 bits per heavy atom. The van der Waals surface area contributed by atoms with E-state index in [1.54, 1.807) is 20.4 Å². The van der Waals surface area contributed by atoms with Crippen molar-refractivity contribution >= 4 is 21.8 Å². The van der Waals surface area contributed by atoms with Crippen molar-refractivity contribution in [2.24, 2.45) is 0 Å². The largest absolute Gasteiger partial charge is 0.488 e. The van der Waals surface area contributed by atoms with E-state index in [-0.39, 0.29) is 11.9 Å². The number of aryl methyl sites for hydroxylation is 1. The summed E-state index contributed by atoms with van der Waals surface area (Å²) in [5.41, 5.74) is 2.91. The number of H-pyrrole nitrogens is 1. The molecule has 2 aromatic heterocycles. The lowest BCUT2D eigenvalue weighted by atomic mass is 10.0. The maximum Gasteiger partial charge on any atom is 0.157 e. The third-order valence-electron chi connectivity index (χ3n) is 4.74. The van der Waals surface area contributed by atoms with Gasteiger partial charge in [-0.05, 0) is 51.3 Å². The first-order valence-corrected chi connectivity index (χ1v) is 8.89. The second-order valence-electron chi connectivity index (χ2n) is 7.10. The molecule has 1 radical (unpaired) electrons. The molecule has 0 aliphatic carbocycles. The second kappa shape index (κ2) is 7.64. The van der Waals surface area contributed by atoms with Gasteiger partial charge in [-0.2, -0.15) is 0 Å². The Kier molecular flexibility index (Phi) is 5.49. The molecule has 0 saturated heterocycles. The van der Waals surface area contributed by atoms with E-state index in [9.17, 15) is 0 Å². The van der Waals surface area contributed by atoms with E-state index in [0.29, 0.717) is 6.42 Å². The average Bonchev–Trinajstić information content (AvgIpc) is 2.99. The van der Waals surface area contributed by atoms with Gasteiger partial charge in [0.1, 0.15) is 11.4 Å². The Labute approximate surface area is 154 Å². The summed E-state index contributed by atoms with van der Waals surface area (Å²) in [6.07, 6.45) is 5.68. The molecule has 0 aliphatic rings. The Morgan fingerprint density at radius 3 is 2.62 bits per heavy atom. The van der Waals surface area contributed by atoms with Crippen LogP contribution in [-0.2, 0) is 15.9 Å². The number of nitrogens with one attached hydrogen (secondary N) is 1. The molecular weight excluding hydrogens is 328 g/mol. The van der Waals surface area contributed by atoms with Crippen LogP contribution in [0.4, 0.5) is 0 Å². The van der Waals surface area contributed by atoms with Crippen molar-refractivity contribution in [3.05, 3.63) is 43.1 Å². The van der Waals surface area contributed by atoms with Gasteiger partial charge in [-0.25, -0.2) is 0 Å². The Bertz CT molecular complexity index is 881. The lowest BCUT2D eigenvalue weighted by Crippen LogP contribution is -2.27. The third-order valence-corrected chi connectivity index (χ3v) is 4.74. The lowest BCUT2D eigenvalue weighted by Gasteiger charge is -2.27. The molecular formula is C21H27N2O3. The predicted molar refractivity (Wildman–Crippen MR) is 104 cm³/mol. The zero-order chi connectivity index (χ0) is 18.7. The summed E-state index contributed by atoms with van der Waals surface area (Å²) in [6.45, 7) is 8.10. The molecule has 26 heavy (non-hydrogen) atoms. The molecule has 0 spiro atoms. The number of pyridine rings is 1. The summed E-state index contributed by atoms with van der Waals surface area (Å²) in [5.74, 6) is 0.872. The molecule has 0 atom stereocenters. The third kappa shape index (κ3) is 3.84. The molecule has 0 aliphatic heterocycles. The number of aromatic nitrogens is 2. The number of ether oxygens (including phenoxy) is 3. The van der Waals surface area contributed by atoms with Crippen LogP contribution in [0, 0.1) is 6.92 Å². The number of benzene rings is 1. The Morgan fingerprint density at radius 1 is 1.15 bits per heavy atom. The Balaban J connectivity index is 2.05. The highest BCUT2D eigenvalue weighted by molar-refractivity contribution is 6.07. The number of hydrogen-bond acceptors (Lipinski definition) is 4. The highest BCUT2D eigenvalue weighted by Crippen LogP contribution is 2.34. The SMILES string of the molecule is [CH2]CC(C)(C)Oc1cc2[nH]c3ccncc3c2cc1CCC(OC)OC. The first-order valence-electron chi connectivity index (χ1n) is 8.89. The fraction of sp³-hybridized carbons (Fsp3) is 0.429. The topological polar surface area (TPSA) is 56.4 Å². The highest BCUT2D eigenvalue weighted by Gasteiger charge is 2.21. The molecule has 3 aromatic rings. The molecule has 0 fully saturated rings. The van der Waals surface area contributed by atoms with Gasteiger partial charge >= 0.3 is 0 Å². The summed E-state index contributed by atoms with van der Waals surface area (Å²) in [6, 6.07) is 6.25. The van der Waals surface area contributed by atoms with Crippen molar-refractivity contribution in [1.29, 1.82) is 0 Å². The number of fused-ring (bicyclic) bond motifs is 3. The summed E-state index contributed by atoms with van der Waals surface area (Å²) in [7, 11) is 3.32. The quantitative estimate of drug-likeness (QED) is 0.598. The smallest absolute Gasteiger partial charge is 0.157 e. The van der Waals surface area contributed by atoms with Crippen LogP contribution in [-0.4, -0.2) is 36.1 Å². The average molecular weight is 355 g/mol. The molecule has 5 heteroatoms. The maximum atomic E-state index is 6.31. The van der Waals surface area contributed by atoms with Crippen molar-refractivity contribution in [2.45, 2.75) is 45.0 Å². The van der Waals surface area contributed by atoms with E-state index in [4.69, 9.17) is 14.2 Å². The van der Waals surface area contributed by atoms with Crippen LogP contribution in [0.25, 0.3) is 21.8 Å². The van der Waals surface area contributed by atoms with E-state index in [2.05, 4.69) is 42.9 Å². The standard InChI is InChI=1S/C21H27N2O3/c1-6-21(2,3)26-19-12-18-15(16-13-22-10-9-17(16)23-18)11-14(19)7-8-20(24-4)25-5/h9-13,20,23H,1,6-8H2,2-5H3. The van der Waals surface area contributed by atoms with Crippen LogP contribution < -0.4 is 4.74 Å². The lowest BCUT2D eigenvalue weighted by molar-refractivity contribution is -0.105. The molecule has 139 valence electrons. The van der Waals surface area contributed by atoms with Crippen molar-refractivity contribution in [1.82, 2.24) is 9.97 Å². The van der Waals surface area contributed by atoms with Gasteiger partial charge in [0.15, 0.2) is 6.29 Å². The monoisotopic (exact) mass is 355 g/mol. The molecule has 5 nitrogen and oxygen atoms in total. The van der Waals surface area contributed by atoms with Crippen molar-refractivity contribution < 1.29 is 14.2 Å². The van der Waals surface area contributed by atoms with Crippen LogP contribution in [0.2, 0.25) is 0 Å². The van der Waals surface area contributed by atoms with Gasteiger partial charge in [-0.1, -0.05) is 0 Å². The van der Waals surface area contributed by atoms with Gasteiger partial charge in [-0.3, -0.25) is 4.98 Å². The minimum atomic E-state index is -0.335. The first-order chi connectivity index (χ1) is 12.5. The summed E-state index contributed by atoms with van der Waals surface area (Å²) < 4.78 is 17.0. The van der Waals surface area contributed by atoms with Crippen LogP contribution in [0.15, 0.2) is 30.6 Å². The molecule has 1 aromatic carbocycles. The highest BCUT2D eigenvalue weighted by atomic mass is 16.7. The number of hydrogen-bond donors (Lipinski definition) is 1. The maximum absolute atomic E-state index is 6.31. The van der Waals surface area contributed by atoms with E-state index in [1.165, 1.54) is 0 Å². The van der Waals surface area contributed by atoms with Gasteiger partial charge < -0.3 is 19.2 Å². The van der Waals surface area contributed by atoms with E-state index in [1.807, 2.05) is 12.3 Å². The fourth-order valence-electron chi connectivity index (χ4n) is 3.06. The minimum Gasteiger partial charge on any atom is -0.488 e. The molecule has 1 N–H and O–H groups in total. The van der Waals surface area contributed by atoms with E-state index < -0.39 is 0 Å². The molecule has 3 rings (SSSR count). The van der Waals surface area contributed by atoms with Crippen molar-refractivity contribution in [3.63, 3.8) is 0 Å². The van der Waals surface area contributed by atoms with Crippen LogP contribution >= 0.6 is 0 Å². The molecule has 0 unspecified atom stereocenters. The fourth-order valence-corrected chi connectivity index (χ4v) is 3.06. The van der Waals surface area contributed by atoms with E-state index in [0.717, 1.165) is 46.0 Å². The summed E-state index contributed by atoms with van der Waals surface area (Å²) in [5, 5.41) is 2.26. The zero-order valence-electron chi connectivity index (χ0n) is 16.0. The number of rotatable bonds is 8. The summed E-state index contributed by atoms with van der Waals surface area (Å²) in [4.78, 5) is 7.71. The van der Waals surface area contributed by atoms with Crippen LogP contribution in [0.1, 0.15) is 32.3 Å². The molecule has 2 heterocycles. The van der Waals surface area contributed by atoms with Gasteiger partial charge in [0.25, 0.3) is 0 Å². The van der Waals surface area contributed by atoms with Gasteiger partial charge in [0.2, 0.25) is 0 Å². The zero-order valence-corrected chi connectivity index (χ0v) is 16.0. The van der Waals surface area contributed by atoms with Crippen LogP contribution in [0.5, 0.6) is 5.75 Å². The second-order valence-corrected chi connectivity index (χ2v) is 7.10. The Hall–Kier alpha value is -2.11. The number of aromatic amines is 1. The predicted octanol–water partition coefficient (Wildman–Crippen LogP) is 4.65. The van der Waals surface area contributed by atoms with Gasteiger partial charge in [-0.15, -0.1) is 0 Å². The molecule has 0 amide bonds. The normalized spacial score (nSPS) is 12.4. The number of nitrogens with zero attached hydrogens (tertiary/aromatic N) is 1. The van der Waals surface area contributed by atoms with Gasteiger partial charge in [0, 0.05) is 55.4 Å². The van der Waals surface area contributed by atoms with E-state index >= 15 is 0 Å².